The maximum atomic E-state index is 12.4. The second-order valence-corrected chi connectivity index (χ2v) is 5.74. The Morgan fingerprint density at radius 3 is 2.13 bits per heavy atom. The number of hydrogen-bond acceptors (Lipinski definition) is 3. The van der Waals surface area contributed by atoms with Crippen molar-refractivity contribution in [1.82, 2.24) is 4.90 Å². The molecule has 118 valence electrons. The molecule has 2 aromatic carbocycles. The Morgan fingerprint density at radius 2 is 1.57 bits per heavy atom. The minimum absolute atomic E-state index is 0.0108. The van der Waals surface area contributed by atoms with Crippen LogP contribution in [0.25, 0.3) is 0 Å². The van der Waals surface area contributed by atoms with Gasteiger partial charge in [-0.05, 0) is 23.3 Å². The fourth-order valence-corrected chi connectivity index (χ4v) is 2.90. The molecule has 0 saturated carbocycles. The van der Waals surface area contributed by atoms with E-state index in [2.05, 4.69) is 0 Å². The van der Waals surface area contributed by atoms with Crippen molar-refractivity contribution in [3.8, 4) is 5.75 Å². The SMILES string of the molecule is COc1ccc(CN2C(=O)CC(c3ccccc3)CC2=O)cc1. The van der Waals surface area contributed by atoms with Crippen LogP contribution < -0.4 is 4.74 Å². The van der Waals surface area contributed by atoms with E-state index in [0.29, 0.717) is 19.4 Å². The molecule has 0 aromatic heterocycles. The van der Waals surface area contributed by atoms with Crippen molar-refractivity contribution in [3.05, 3.63) is 65.7 Å². The molecule has 4 heteroatoms. The number of imide groups is 1. The number of nitrogens with zero attached hydrogens (tertiary/aromatic N) is 1. The number of ether oxygens (including phenoxy) is 1. The summed E-state index contributed by atoms with van der Waals surface area (Å²) < 4.78 is 5.12. The minimum atomic E-state index is -0.106. The minimum Gasteiger partial charge on any atom is -0.497 e. The highest BCUT2D eigenvalue weighted by Gasteiger charge is 2.33. The van der Waals surface area contributed by atoms with Crippen molar-refractivity contribution in [2.75, 3.05) is 7.11 Å². The zero-order valence-electron chi connectivity index (χ0n) is 13.1. The molecular weight excluding hydrogens is 290 g/mol. The fraction of sp³-hybridized carbons (Fsp3) is 0.263. The molecule has 0 N–H and O–H groups in total. The zero-order valence-corrected chi connectivity index (χ0v) is 13.1. The molecule has 1 aliphatic heterocycles. The summed E-state index contributed by atoms with van der Waals surface area (Å²) in [5.74, 6) is 0.536. The van der Waals surface area contributed by atoms with Gasteiger partial charge in [0.15, 0.2) is 0 Å². The standard InChI is InChI=1S/C19H19NO3/c1-23-17-9-7-14(8-10-17)13-20-18(21)11-16(12-19(20)22)15-5-3-2-4-6-15/h2-10,16H,11-13H2,1H3. The average Bonchev–Trinajstić information content (AvgIpc) is 2.59. The number of carbonyl (C=O) groups excluding carboxylic acids is 2. The van der Waals surface area contributed by atoms with Gasteiger partial charge in [-0.3, -0.25) is 14.5 Å². The van der Waals surface area contributed by atoms with Crippen LogP contribution in [0.4, 0.5) is 0 Å². The first-order valence-corrected chi connectivity index (χ1v) is 7.68. The van der Waals surface area contributed by atoms with E-state index in [1.54, 1.807) is 7.11 Å². The van der Waals surface area contributed by atoms with Gasteiger partial charge in [-0.15, -0.1) is 0 Å². The van der Waals surface area contributed by atoms with Gasteiger partial charge in [0.05, 0.1) is 13.7 Å². The maximum Gasteiger partial charge on any atom is 0.230 e. The van der Waals surface area contributed by atoms with Crippen molar-refractivity contribution in [3.63, 3.8) is 0 Å². The lowest BCUT2D eigenvalue weighted by Crippen LogP contribution is -2.42. The van der Waals surface area contributed by atoms with Gasteiger partial charge in [-0.25, -0.2) is 0 Å². The molecule has 0 spiro atoms. The van der Waals surface area contributed by atoms with Gasteiger partial charge in [0.1, 0.15) is 5.75 Å². The highest BCUT2D eigenvalue weighted by molar-refractivity contribution is 5.98. The predicted octanol–water partition coefficient (Wildman–Crippen LogP) is 3.13. The number of carbonyl (C=O) groups is 2. The summed E-state index contributed by atoms with van der Waals surface area (Å²) in [5, 5.41) is 0. The molecule has 0 atom stereocenters. The molecule has 1 heterocycles. The molecule has 1 aliphatic rings. The third-order valence-electron chi connectivity index (χ3n) is 4.21. The highest BCUT2D eigenvalue weighted by atomic mass is 16.5. The number of methoxy groups -OCH3 is 1. The second kappa shape index (κ2) is 6.65. The van der Waals surface area contributed by atoms with Crippen LogP contribution in [0.2, 0.25) is 0 Å². The monoisotopic (exact) mass is 309 g/mol. The Kier molecular flexibility index (Phi) is 4.42. The van der Waals surface area contributed by atoms with Crippen LogP contribution >= 0.6 is 0 Å². The maximum absolute atomic E-state index is 12.4. The van der Waals surface area contributed by atoms with E-state index in [9.17, 15) is 9.59 Å². The number of benzene rings is 2. The molecular formula is C19H19NO3. The second-order valence-electron chi connectivity index (χ2n) is 5.74. The van der Waals surface area contributed by atoms with Crippen LogP contribution in [-0.4, -0.2) is 23.8 Å². The van der Waals surface area contributed by atoms with Crippen molar-refractivity contribution >= 4 is 11.8 Å². The topological polar surface area (TPSA) is 46.6 Å². The first-order valence-electron chi connectivity index (χ1n) is 7.68. The predicted molar refractivity (Wildman–Crippen MR) is 87.0 cm³/mol. The van der Waals surface area contributed by atoms with Crippen LogP contribution in [-0.2, 0) is 16.1 Å². The summed E-state index contributed by atoms with van der Waals surface area (Å²) >= 11 is 0. The molecule has 3 rings (SSSR count). The van der Waals surface area contributed by atoms with Crippen molar-refractivity contribution in [2.45, 2.75) is 25.3 Å². The van der Waals surface area contributed by atoms with Gasteiger partial charge in [-0.1, -0.05) is 42.5 Å². The molecule has 0 unspecified atom stereocenters. The smallest absolute Gasteiger partial charge is 0.230 e. The van der Waals surface area contributed by atoms with Gasteiger partial charge < -0.3 is 4.74 Å². The van der Waals surface area contributed by atoms with Crippen molar-refractivity contribution in [2.24, 2.45) is 0 Å². The molecule has 2 amide bonds. The number of likely N-dealkylation sites (tertiary alicyclic amines) is 1. The van der Waals surface area contributed by atoms with E-state index in [1.165, 1.54) is 4.90 Å². The molecule has 2 aromatic rings. The Bertz CT molecular complexity index is 676. The number of amides is 2. The lowest BCUT2D eigenvalue weighted by atomic mass is 9.88. The van der Waals surface area contributed by atoms with Gasteiger partial charge >= 0.3 is 0 Å². The van der Waals surface area contributed by atoms with E-state index in [1.807, 2.05) is 54.6 Å². The summed E-state index contributed by atoms with van der Waals surface area (Å²) in [7, 11) is 1.61. The first-order chi connectivity index (χ1) is 11.2. The summed E-state index contributed by atoms with van der Waals surface area (Å²) in [6.45, 7) is 0.323. The van der Waals surface area contributed by atoms with E-state index in [0.717, 1.165) is 16.9 Å². The fourth-order valence-electron chi connectivity index (χ4n) is 2.90. The lowest BCUT2D eigenvalue weighted by Gasteiger charge is -2.30. The molecule has 23 heavy (non-hydrogen) atoms. The third-order valence-corrected chi connectivity index (χ3v) is 4.21. The Hall–Kier alpha value is -2.62. The Morgan fingerprint density at radius 1 is 0.957 bits per heavy atom. The summed E-state index contributed by atoms with van der Waals surface area (Å²) in [4.78, 5) is 26.2. The Balaban J connectivity index is 1.70. The summed E-state index contributed by atoms with van der Waals surface area (Å²) in [5.41, 5.74) is 1.98. The quantitative estimate of drug-likeness (QED) is 0.815. The largest absolute Gasteiger partial charge is 0.497 e. The Labute approximate surface area is 135 Å². The number of rotatable bonds is 4. The van der Waals surface area contributed by atoms with Crippen LogP contribution in [0.3, 0.4) is 0 Å². The van der Waals surface area contributed by atoms with Gasteiger partial charge in [0, 0.05) is 18.8 Å². The van der Waals surface area contributed by atoms with E-state index >= 15 is 0 Å². The lowest BCUT2D eigenvalue weighted by molar-refractivity contribution is -0.149. The summed E-state index contributed by atoms with van der Waals surface area (Å²) in [6.07, 6.45) is 0.762. The van der Waals surface area contributed by atoms with Crippen LogP contribution in [0.5, 0.6) is 5.75 Å². The molecule has 1 fully saturated rings. The van der Waals surface area contributed by atoms with Crippen LogP contribution in [0.1, 0.15) is 29.9 Å². The number of hydrogen-bond donors (Lipinski definition) is 0. The van der Waals surface area contributed by atoms with Crippen LogP contribution in [0.15, 0.2) is 54.6 Å². The third kappa shape index (κ3) is 3.42. The number of piperidine rings is 1. The van der Waals surface area contributed by atoms with Crippen LogP contribution in [0, 0.1) is 0 Å². The normalized spacial score (nSPS) is 15.8. The summed E-state index contributed by atoms with van der Waals surface area (Å²) in [6, 6.07) is 17.2. The average molecular weight is 309 g/mol. The molecule has 0 bridgehead atoms. The van der Waals surface area contributed by atoms with Gasteiger partial charge in [-0.2, -0.15) is 0 Å². The van der Waals surface area contributed by atoms with E-state index in [4.69, 9.17) is 4.74 Å². The molecule has 0 radical (unpaired) electrons. The zero-order chi connectivity index (χ0) is 16.2. The van der Waals surface area contributed by atoms with Gasteiger partial charge in [0.2, 0.25) is 11.8 Å². The molecule has 4 nitrogen and oxygen atoms in total. The van der Waals surface area contributed by atoms with E-state index in [-0.39, 0.29) is 17.7 Å². The first kappa shape index (κ1) is 15.3. The van der Waals surface area contributed by atoms with E-state index < -0.39 is 0 Å². The van der Waals surface area contributed by atoms with Crippen molar-refractivity contribution < 1.29 is 14.3 Å². The van der Waals surface area contributed by atoms with Gasteiger partial charge in [0.25, 0.3) is 0 Å². The highest BCUT2D eigenvalue weighted by Crippen LogP contribution is 2.30. The molecule has 0 aliphatic carbocycles. The molecule has 1 saturated heterocycles. The van der Waals surface area contributed by atoms with Crippen molar-refractivity contribution in [1.29, 1.82) is 0 Å².